The number of ketones is 1. The van der Waals surface area contributed by atoms with Gasteiger partial charge in [-0.3, -0.25) is 4.79 Å². The minimum absolute atomic E-state index is 0.160. The van der Waals surface area contributed by atoms with Crippen molar-refractivity contribution in [2.45, 2.75) is 45.4 Å². The van der Waals surface area contributed by atoms with Crippen LogP contribution >= 0.6 is 0 Å². The van der Waals surface area contributed by atoms with Gasteiger partial charge in [-0.1, -0.05) is 32.1 Å². The van der Waals surface area contributed by atoms with E-state index in [1.807, 2.05) is 0 Å². The fraction of sp³-hybridized carbons (Fsp3) is 0.562. The van der Waals surface area contributed by atoms with Crippen LogP contribution in [0.15, 0.2) is 18.2 Å². The molecule has 0 atom stereocenters. The average molecular weight is 264 g/mol. The Bertz CT molecular complexity index is 436. The summed E-state index contributed by atoms with van der Waals surface area (Å²) in [5.74, 6) is 0.691. The van der Waals surface area contributed by atoms with Gasteiger partial charge in [0.1, 0.15) is 11.6 Å². The van der Waals surface area contributed by atoms with E-state index in [2.05, 4.69) is 0 Å². The third kappa shape index (κ3) is 4.05. The van der Waals surface area contributed by atoms with Crippen molar-refractivity contribution in [3.8, 4) is 5.75 Å². The summed E-state index contributed by atoms with van der Waals surface area (Å²) in [6.07, 6.45) is 7.58. The molecule has 2 nitrogen and oxygen atoms in total. The van der Waals surface area contributed by atoms with Crippen molar-refractivity contribution in [3.63, 3.8) is 0 Å². The number of carbonyl (C=O) groups excluding carboxylic acids is 1. The second-order valence-corrected chi connectivity index (χ2v) is 5.34. The summed E-state index contributed by atoms with van der Waals surface area (Å²) < 4.78 is 18.8. The van der Waals surface area contributed by atoms with Gasteiger partial charge >= 0.3 is 0 Å². The van der Waals surface area contributed by atoms with E-state index in [9.17, 15) is 9.18 Å². The second kappa shape index (κ2) is 6.69. The summed E-state index contributed by atoms with van der Waals surface area (Å²) in [4.78, 5) is 11.4. The lowest BCUT2D eigenvalue weighted by Crippen LogP contribution is -2.11. The van der Waals surface area contributed by atoms with Gasteiger partial charge in [0.05, 0.1) is 12.2 Å². The molecule has 1 aromatic carbocycles. The van der Waals surface area contributed by atoms with Crippen molar-refractivity contribution in [1.82, 2.24) is 0 Å². The first-order valence-electron chi connectivity index (χ1n) is 7.10. The van der Waals surface area contributed by atoms with E-state index in [0.29, 0.717) is 17.9 Å². The molecular formula is C16H21FO2. The lowest BCUT2D eigenvalue weighted by molar-refractivity contribution is 0.101. The summed E-state index contributed by atoms with van der Waals surface area (Å²) in [6, 6.07) is 4.13. The number of halogens is 1. The fourth-order valence-corrected chi connectivity index (χ4v) is 2.71. The highest BCUT2D eigenvalue weighted by atomic mass is 19.1. The first-order valence-corrected chi connectivity index (χ1v) is 7.10. The lowest BCUT2D eigenvalue weighted by atomic mass is 9.87. The Morgan fingerprint density at radius 2 is 2.05 bits per heavy atom. The molecule has 0 bridgehead atoms. The minimum Gasteiger partial charge on any atom is -0.493 e. The van der Waals surface area contributed by atoms with Gasteiger partial charge in [0.2, 0.25) is 0 Å². The number of hydrogen-bond acceptors (Lipinski definition) is 2. The van der Waals surface area contributed by atoms with Gasteiger partial charge in [-0.25, -0.2) is 4.39 Å². The van der Waals surface area contributed by atoms with Crippen LogP contribution in [0.1, 0.15) is 55.8 Å². The third-order valence-electron chi connectivity index (χ3n) is 3.83. The molecule has 1 aliphatic carbocycles. The maximum absolute atomic E-state index is 13.1. The minimum atomic E-state index is -0.398. The summed E-state index contributed by atoms with van der Waals surface area (Å²) in [6.45, 7) is 2.04. The molecule has 1 fully saturated rings. The normalized spacial score (nSPS) is 16.3. The van der Waals surface area contributed by atoms with E-state index < -0.39 is 5.82 Å². The number of Topliss-reactive ketones (excluding diaryl/α,β-unsaturated/α-hetero) is 1. The summed E-state index contributed by atoms with van der Waals surface area (Å²) in [5, 5.41) is 0. The highest BCUT2D eigenvalue weighted by Crippen LogP contribution is 2.27. The molecule has 0 amide bonds. The van der Waals surface area contributed by atoms with E-state index in [-0.39, 0.29) is 5.78 Å². The zero-order valence-corrected chi connectivity index (χ0v) is 11.5. The number of hydrogen-bond donors (Lipinski definition) is 0. The van der Waals surface area contributed by atoms with E-state index in [4.69, 9.17) is 4.74 Å². The summed E-state index contributed by atoms with van der Waals surface area (Å²) in [5.41, 5.74) is 0.337. The van der Waals surface area contributed by atoms with Crippen molar-refractivity contribution >= 4 is 5.78 Å². The van der Waals surface area contributed by atoms with E-state index >= 15 is 0 Å². The number of benzene rings is 1. The molecule has 0 unspecified atom stereocenters. The molecular weight excluding hydrogens is 243 g/mol. The van der Waals surface area contributed by atoms with Gasteiger partial charge in [-0.05, 0) is 37.5 Å². The quantitative estimate of drug-likeness (QED) is 0.738. The second-order valence-electron chi connectivity index (χ2n) is 5.34. The number of rotatable bonds is 5. The number of ether oxygens (including phenoxy) is 1. The summed E-state index contributed by atoms with van der Waals surface area (Å²) in [7, 11) is 0. The molecule has 1 aliphatic rings. The molecule has 2 rings (SSSR count). The standard InChI is InChI=1S/C16H21FO2/c1-12(18)15-11-14(17)7-8-16(15)19-10-9-13-5-3-2-4-6-13/h7-8,11,13H,2-6,9-10H2,1H3. The van der Waals surface area contributed by atoms with E-state index in [1.54, 1.807) is 6.07 Å². The average Bonchev–Trinajstić information content (AvgIpc) is 2.41. The van der Waals surface area contributed by atoms with Crippen LogP contribution in [0.2, 0.25) is 0 Å². The Labute approximate surface area is 114 Å². The SMILES string of the molecule is CC(=O)c1cc(F)ccc1OCCC1CCCCC1. The van der Waals surface area contributed by atoms with Crippen molar-refractivity contribution in [3.05, 3.63) is 29.6 Å². The van der Waals surface area contributed by atoms with Gasteiger partial charge in [-0.2, -0.15) is 0 Å². The zero-order valence-electron chi connectivity index (χ0n) is 11.5. The van der Waals surface area contributed by atoms with E-state index in [1.165, 1.54) is 51.2 Å². The molecule has 0 aromatic heterocycles. The van der Waals surface area contributed by atoms with Crippen LogP contribution < -0.4 is 4.74 Å². The molecule has 0 N–H and O–H groups in total. The highest BCUT2D eigenvalue weighted by Gasteiger charge is 2.14. The molecule has 0 spiro atoms. The van der Waals surface area contributed by atoms with Gasteiger partial charge in [0.25, 0.3) is 0 Å². The zero-order chi connectivity index (χ0) is 13.7. The molecule has 104 valence electrons. The van der Waals surface area contributed by atoms with Crippen molar-refractivity contribution in [2.75, 3.05) is 6.61 Å². The molecule has 3 heteroatoms. The Morgan fingerprint density at radius 1 is 1.32 bits per heavy atom. The maximum atomic E-state index is 13.1. The van der Waals surface area contributed by atoms with Crippen molar-refractivity contribution < 1.29 is 13.9 Å². The van der Waals surface area contributed by atoms with Crippen LogP contribution in [0, 0.1) is 11.7 Å². The van der Waals surface area contributed by atoms with Gasteiger partial charge in [-0.15, -0.1) is 0 Å². The van der Waals surface area contributed by atoms with Crippen LogP contribution in [-0.4, -0.2) is 12.4 Å². The van der Waals surface area contributed by atoms with Crippen LogP contribution in [0.25, 0.3) is 0 Å². The van der Waals surface area contributed by atoms with Crippen LogP contribution in [-0.2, 0) is 0 Å². The lowest BCUT2D eigenvalue weighted by Gasteiger charge is -2.21. The van der Waals surface area contributed by atoms with Crippen LogP contribution in [0.5, 0.6) is 5.75 Å². The van der Waals surface area contributed by atoms with Crippen molar-refractivity contribution in [2.24, 2.45) is 5.92 Å². The Morgan fingerprint density at radius 3 is 2.74 bits per heavy atom. The number of carbonyl (C=O) groups is 1. The van der Waals surface area contributed by atoms with E-state index in [0.717, 1.165) is 12.3 Å². The molecule has 0 heterocycles. The topological polar surface area (TPSA) is 26.3 Å². The highest BCUT2D eigenvalue weighted by molar-refractivity contribution is 5.96. The largest absolute Gasteiger partial charge is 0.493 e. The predicted octanol–water partition coefficient (Wildman–Crippen LogP) is 4.38. The third-order valence-corrected chi connectivity index (χ3v) is 3.83. The first kappa shape index (κ1) is 14.0. The smallest absolute Gasteiger partial charge is 0.163 e. The van der Waals surface area contributed by atoms with Gasteiger partial charge in [0, 0.05) is 0 Å². The Balaban J connectivity index is 1.89. The molecule has 1 saturated carbocycles. The Kier molecular flexibility index (Phi) is 4.94. The summed E-state index contributed by atoms with van der Waals surface area (Å²) >= 11 is 0. The fourth-order valence-electron chi connectivity index (χ4n) is 2.71. The molecule has 19 heavy (non-hydrogen) atoms. The maximum Gasteiger partial charge on any atom is 0.163 e. The predicted molar refractivity (Wildman–Crippen MR) is 73.1 cm³/mol. The molecule has 0 radical (unpaired) electrons. The van der Waals surface area contributed by atoms with Crippen LogP contribution in [0.3, 0.4) is 0 Å². The monoisotopic (exact) mass is 264 g/mol. The van der Waals surface area contributed by atoms with Gasteiger partial charge < -0.3 is 4.74 Å². The first-order chi connectivity index (χ1) is 9.16. The molecule has 0 saturated heterocycles. The molecule has 0 aliphatic heterocycles. The van der Waals surface area contributed by atoms with Crippen LogP contribution in [0.4, 0.5) is 4.39 Å². The van der Waals surface area contributed by atoms with Gasteiger partial charge in [0.15, 0.2) is 5.78 Å². The molecule has 1 aromatic rings. The Hall–Kier alpha value is -1.38. The van der Waals surface area contributed by atoms with Crippen molar-refractivity contribution in [1.29, 1.82) is 0 Å².